The first-order valence-corrected chi connectivity index (χ1v) is 13.1. The molecule has 1 aromatic heterocycles. The fourth-order valence-corrected chi connectivity index (χ4v) is 5.41. The van der Waals surface area contributed by atoms with Crippen molar-refractivity contribution < 1.29 is 9.59 Å². The number of amides is 2. The van der Waals surface area contributed by atoms with E-state index in [-0.39, 0.29) is 24.2 Å². The van der Waals surface area contributed by atoms with Gasteiger partial charge in [-0.05, 0) is 32.2 Å². The molecule has 0 N–H and O–H groups in total. The standard InChI is InChI=1S/C25H32BrN7O2/c1-18-14-22(30-8-6-29(2)7-9-30)28-25(27-18)32-12-10-31(11-13-32)24(35)19-15-23(34)33(17-19)21-5-3-4-20(26)16-21/h3-5,14,16,19H,6-13,15,17H2,1-2H3. The van der Waals surface area contributed by atoms with Crippen molar-refractivity contribution >= 4 is 45.2 Å². The third kappa shape index (κ3) is 5.28. The van der Waals surface area contributed by atoms with E-state index in [0.29, 0.717) is 32.7 Å². The summed E-state index contributed by atoms with van der Waals surface area (Å²) < 4.78 is 0.919. The molecule has 0 spiro atoms. The van der Waals surface area contributed by atoms with E-state index in [2.05, 4.69) is 43.7 Å². The van der Waals surface area contributed by atoms with Gasteiger partial charge in [0.25, 0.3) is 0 Å². The van der Waals surface area contributed by atoms with E-state index in [1.54, 1.807) is 4.90 Å². The number of carbonyl (C=O) groups excluding carboxylic acids is 2. The highest BCUT2D eigenvalue weighted by Crippen LogP contribution is 2.29. The zero-order chi connectivity index (χ0) is 24.5. The Hall–Kier alpha value is -2.72. The van der Waals surface area contributed by atoms with Gasteiger partial charge < -0.3 is 24.5 Å². The smallest absolute Gasteiger partial charge is 0.228 e. The molecule has 3 saturated heterocycles. The van der Waals surface area contributed by atoms with Crippen LogP contribution in [0, 0.1) is 12.8 Å². The first kappa shape index (κ1) is 24.0. The Balaban J connectivity index is 1.20. The van der Waals surface area contributed by atoms with Gasteiger partial charge in [-0.2, -0.15) is 4.98 Å². The van der Waals surface area contributed by atoms with Gasteiger partial charge >= 0.3 is 0 Å². The van der Waals surface area contributed by atoms with E-state index in [0.717, 1.165) is 53.8 Å². The minimum atomic E-state index is -0.299. The molecule has 186 valence electrons. The van der Waals surface area contributed by atoms with Crippen molar-refractivity contribution in [1.29, 1.82) is 0 Å². The summed E-state index contributed by atoms with van der Waals surface area (Å²) in [5.74, 6) is 1.50. The van der Waals surface area contributed by atoms with Crippen LogP contribution in [0.4, 0.5) is 17.5 Å². The number of anilines is 3. The summed E-state index contributed by atoms with van der Waals surface area (Å²) in [6.45, 7) is 9.04. The van der Waals surface area contributed by atoms with Crippen LogP contribution >= 0.6 is 15.9 Å². The number of aryl methyl sites for hydroxylation is 1. The summed E-state index contributed by atoms with van der Waals surface area (Å²) in [4.78, 5) is 45.9. The van der Waals surface area contributed by atoms with Crippen LogP contribution in [0.5, 0.6) is 0 Å². The average Bonchev–Trinajstić information content (AvgIpc) is 3.25. The van der Waals surface area contributed by atoms with Crippen LogP contribution in [0.15, 0.2) is 34.8 Å². The summed E-state index contributed by atoms with van der Waals surface area (Å²) in [6.07, 6.45) is 0.265. The topological polar surface area (TPSA) is 76.1 Å². The van der Waals surface area contributed by atoms with Crippen molar-refractivity contribution in [2.45, 2.75) is 13.3 Å². The molecule has 1 unspecified atom stereocenters. The van der Waals surface area contributed by atoms with Crippen LogP contribution in [0.25, 0.3) is 0 Å². The second-order valence-electron chi connectivity index (χ2n) is 9.66. The quantitative estimate of drug-likeness (QED) is 0.585. The Morgan fingerprint density at radius 1 is 0.971 bits per heavy atom. The van der Waals surface area contributed by atoms with E-state index >= 15 is 0 Å². The Morgan fingerprint density at radius 2 is 1.69 bits per heavy atom. The lowest BCUT2D eigenvalue weighted by Gasteiger charge is -2.37. The first-order chi connectivity index (χ1) is 16.9. The van der Waals surface area contributed by atoms with Gasteiger partial charge in [-0.15, -0.1) is 0 Å². The Kier molecular flexibility index (Phi) is 6.93. The molecule has 3 fully saturated rings. The summed E-state index contributed by atoms with van der Waals surface area (Å²) in [5.41, 5.74) is 1.79. The maximum absolute atomic E-state index is 13.3. The van der Waals surface area contributed by atoms with Crippen molar-refractivity contribution in [3.05, 3.63) is 40.5 Å². The van der Waals surface area contributed by atoms with E-state index < -0.39 is 0 Å². The number of likely N-dealkylation sites (N-methyl/N-ethyl adjacent to an activating group) is 1. The van der Waals surface area contributed by atoms with Crippen molar-refractivity contribution in [3.63, 3.8) is 0 Å². The second kappa shape index (κ2) is 10.1. The second-order valence-corrected chi connectivity index (χ2v) is 10.6. The van der Waals surface area contributed by atoms with Crippen molar-refractivity contribution in [2.24, 2.45) is 5.92 Å². The highest BCUT2D eigenvalue weighted by atomic mass is 79.9. The average molecular weight is 542 g/mol. The third-order valence-electron chi connectivity index (χ3n) is 7.12. The molecule has 10 heteroatoms. The number of hydrogen-bond donors (Lipinski definition) is 0. The van der Waals surface area contributed by atoms with Gasteiger partial charge in [-0.25, -0.2) is 4.98 Å². The largest absolute Gasteiger partial charge is 0.354 e. The molecule has 1 atom stereocenters. The summed E-state index contributed by atoms with van der Waals surface area (Å²) in [7, 11) is 2.15. The van der Waals surface area contributed by atoms with Crippen molar-refractivity contribution in [1.82, 2.24) is 19.8 Å². The fraction of sp³-hybridized carbons (Fsp3) is 0.520. The number of hydrogen-bond acceptors (Lipinski definition) is 7. The number of piperazine rings is 2. The Morgan fingerprint density at radius 3 is 2.40 bits per heavy atom. The number of halogens is 1. The molecule has 0 aliphatic carbocycles. The predicted octanol–water partition coefficient (Wildman–Crippen LogP) is 2.00. The molecule has 3 aliphatic rings. The van der Waals surface area contributed by atoms with E-state index in [1.807, 2.05) is 36.1 Å². The molecule has 0 bridgehead atoms. The molecule has 4 heterocycles. The minimum Gasteiger partial charge on any atom is -0.354 e. The van der Waals surface area contributed by atoms with Gasteiger partial charge in [-0.1, -0.05) is 22.0 Å². The number of nitrogens with zero attached hydrogens (tertiary/aromatic N) is 7. The lowest BCUT2D eigenvalue weighted by molar-refractivity contribution is -0.136. The normalized spacial score (nSPS) is 21.7. The highest BCUT2D eigenvalue weighted by molar-refractivity contribution is 9.10. The predicted molar refractivity (Wildman–Crippen MR) is 140 cm³/mol. The van der Waals surface area contributed by atoms with Crippen LogP contribution < -0.4 is 14.7 Å². The molecule has 1 aromatic carbocycles. The molecule has 0 radical (unpaired) electrons. The molecule has 2 aromatic rings. The highest BCUT2D eigenvalue weighted by Gasteiger charge is 2.38. The molecule has 2 amide bonds. The zero-order valence-corrected chi connectivity index (χ0v) is 21.9. The SMILES string of the molecule is Cc1cc(N2CCN(C)CC2)nc(N2CCN(C(=O)C3CC(=O)N(c4cccc(Br)c4)C3)CC2)n1. The Bertz CT molecular complexity index is 1100. The van der Waals surface area contributed by atoms with Gasteiger partial charge in [-0.3, -0.25) is 9.59 Å². The van der Waals surface area contributed by atoms with E-state index in [1.165, 1.54) is 0 Å². The van der Waals surface area contributed by atoms with Crippen LogP contribution in [0.1, 0.15) is 12.1 Å². The van der Waals surface area contributed by atoms with Gasteiger partial charge in [0.1, 0.15) is 5.82 Å². The number of rotatable bonds is 4. The fourth-order valence-electron chi connectivity index (χ4n) is 5.03. The van der Waals surface area contributed by atoms with Crippen LogP contribution in [-0.2, 0) is 9.59 Å². The van der Waals surface area contributed by atoms with E-state index in [9.17, 15) is 9.59 Å². The lowest BCUT2D eigenvalue weighted by Crippen LogP contribution is -2.51. The molecular weight excluding hydrogens is 510 g/mol. The summed E-state index contributed by atoms with van der Waals surface area (Å²) in [6, 6.07) is 9.72. The lowest BCUT2D eigenvalue weighted by atomic mass is 10.1. The molecular formula is C25H32BrN7O2. The van der Waals surface area contributed by atoms with Gasteiger partial charge in [0.05, 0.1) is 5.92 Å². The molecule has 0 saturated carbocycles. The summed E-state index contributed by atoms with van der Waals surface area (Å²) >= 11 is 3.46. The first-order valence-electron chi connectivity index (χ1n) is 12.3. The minimum absolute atomic E-state index is 0.00434. The molecule has 3 aliphatic heterocycles. The monoisotopic (exact) mass is 541 g/mol. The van der Waals surface area contributed by atoms with Crippen molar-refractivity contribution in [2.75, 3.05) is 80.7 Å². The van der Waals surface area contributed by atoms with Crippen LogP contribution in [0.3, 0.4) is 0 Å². The number of carbonyl (C=O) groups is 2. The third-order valence-corrected chi connectivity index (χ3v) is 7.62. The van der Waals surface area contributed by atoms with Crippen LogP contribution in [0.2, 0.25) is 0 Å². The number of aromatic nitrogens is 2. The van der Waals surface area contributed by atoms with Gasteiger partial charge in [0.15, 0.2) is 0 Å². The molecule has 9 nitrogen and oxygen atoms in total. The van der Waals surface area contributed by atoms with E-state index in [4.69, 9.17) is 9.97 Å². The summed E-state index contributed by atoms with van der Waals surface area (Å²) in [5, 5.41) is 0. The Labute approximate surface area is 214 Å². The molecule has 35 heavy (non-hydrogen) atoms. The van der Waals surface area contributed by atoms with Gasteiger partial charge in [0.2, 0.25) is 17.8 Å². The number of benzene rings is 1. The van der Waals surface area contributed by atoms with Gasteiger partial charge in [0, 0.05) is 87.2 Å². The zero-order valence-electron chi connectivity index (χ0n) is 20.4. The van der Waals surface area contributed by atoms with Crippen LogP contribution in [-0.4, -0.2) is 97.5 Å². The maximum atomic E-state index is 13.3. The maximum Gasteiger partial charge on any atom is 0.228 e. The molecule has 5 rings (SSSR count). The van der Waals surface area contributed by atoms with Crippen molar-refractivity contribution in [3.8, 4) is 0 Å².